The van der Waals surface area contributed by atoms with Crippen molar-refractivity contribution in [1.82, 2.24) is 4.90 Å². The minimum absolute atomic E-state index is 0.0511. The largest absolute Gasteiger partial charge is 0.399 e. The van der Waals surface area contributed by atoms with Gasteiger partial charge in [0.05, 0.1) is 13.2 Å². The summed E-state index contributed by atoms with van der Waals surface area (Å²) in [4.78, 5) is 13.7. The molecule has 6 nitrogen and oxygen atoms in total. The van der Waals surface area contributed by atoms with E-state index >= 15 is 0 Å². The van der Waals surface area contributed by atoms with Crippen LogP contribution in [0.5, 0.6) is 0 Å². The highest BCUT2D eigenvalue weighted by Gasteiger charge is 2.06. The minimum Gasteiger partial charge on any atom is -0.399 e. The number of hydrogen-bond donors (Lipinski definition) is 4. The van der Waals surface area contributed by atoms with Crippen LogP contribution in [0.4, 0.5) is 11.4 Å². The molecular weight excluding hydrogens is 258 g/mol. The molecule has 0 bridgehead atoms. The third-order valence-corrected chi connectivity index (χ3v) is 2.88. The maximum absolute atomic E-state index is 11.8. The molecule has 112 valence electrons. The van der Waals surface area contributed by atoms with Crippen LogP contribution in [0.2, 0.25) is 0 Å². The molecule has 0 atom stereocenters. The van der Waals surface area contributed by atoms with Crippen LogP contribution < -0.4 is 11.1 Å². The molecule has 1 aromatic carbocycles. The lowest BCUT2D eigenvalue weighted by molar-refractivity contribution is -0.116. The van der Waals surface area contributed by atoms with Crippen molar-refractivity contribution in [3.05, 3.63) is 24.3 Å². The lowest BCUT2D eigenvalue weighted by Gasteiger charge is -2.19. The molecule has 0 saturated heterocycles. The van der Waals surface area contributed by atoms with Crippen LogP contribution >= 0.6 is 0 Å². The molecule has 0 aromatic heterocycles. The monoisotopic (exact) mass is 281 g/mol. The SMILES string of the molecule is Nc1cccc(NC(=O)CCCN(CCO)CCO)c1. The van der Waals surface area contributed by atoms with E-state index in [2.05, 4.69) is 5.32 Å². The number of amides is 1. The molecule has 0 fully saturated rings. The van der Waals surface area contributed by atoms with Crippen LogP contribution in [-0.2, 0) is 4.79 Å². The van der Waals surface area contributed by atoms with Crippen LogP contribution in [0, 0.1) is 0 Å². The Morgan fingerprint density at radius 2 is 1.90 bits per heavy atom. The van der Waals surface area contributed by atoms with Gasteiger partial charge in [0, 0.05) is 30.9 Å². The molecule has 0 aliphatic rings. The van der Waals surface area contributed by atoms with Gasteiger partial charge >= 0.3 is 0 Å². The van der Waals surface area contributed by atoms with E-state index < -0.39 is 0 Å². The van der Waals surface area contributed by atoms with E-state index in [-0.39, 0.29) is 19.1 Å². The van der Waals surface area contributed by atoms with E-state index in [9.17, 15) is 4.79 Å². The summed E-state index contributed by atoms with van der Waals surface area (Å²) in [6.45, 7) is 1.80. The Balaban J connectivity index is 2.28. The minimum atomic E-state index is -0.0662. The molecule has 1 aromatic rings. The second-order valence-corrected chi connectivity index (χ2v) is 4.57. The van der Waals surface area contributed by atoms with Crippen LogP contribution in [0.3, 0.4) is 0 Å². The molecule has 0 radical (unpaired) electrons. The molecule has 0 heterocycles. The van der Waals surface area contributed by atoms with E-state index in [0.717, 1.165) is 0 Å². The molecule has 1 rings (SSSR count). The maximum atomic E-state index is 11.8. The highest BCUT2D eigenvalue weighted by molar-refractivity contribution is 5.91. The molecule has 20 heavy (non-hydrogen) atoms. The number of carbonyl (C=O) groups excluding carboxylic acids is 1. The third kappa shape index (κ3) is 6.51. The average Bonchev–Trinajstić information content (AvgIpc) is 2.39. The quantitative estimate of drug-likeness (QED) is 0.487. The Hall–Kier alpha value is -1.63. The van der Waals surface area contributed by atoms with Crippen LogP contribution in [-0.4, -0.2) is 53.9 Å². The fourth-order valence-corrected chi connectivity index (χ4v) is 1.92. The molecule has 6 heteroatoms. The summed E-state index contributed by atoms with van der Waals surface area (Å²) < 4.78 is 0. The first-order chi connectivity index (χ1) is 9.65. The number of nitrogens with zero attached hydrogens (tertiary/aromatic N) is 1. The van der Waals surface area contributed by atoms with Gasteiger partial charge in [-0.3, -0.25) is 9.69 Å². The molecule has 0 aliphatic heterocycles. The first kappa shape index (κ1) is 16.4. The van der Waals surface area contributed by atoms with Crippen molar-refractivity contribution in [2.75, 3.05) is 43.9 Å². The van der Waals surface area contributed by atoms with Crippen LogP contribution in [0.15, 0.2) is 24.3 Å². The summed E-state index contributed by atoms with van der Waals surface area (Å²) in [5.74, 6) is -0.0662. The predicted molar refractivity (Wildman–Crippen MR) is 79.3 cm³/mol. The van der Waals surface area contributed by atoms with Crippen molar-refractivity contribution >= 4 is 17.3 Å². The van der Waals surface area contributed by atoms with Crippen molar-refractivity contribution in [3.63, 3.8) is 0 Å². The summed E-state index contributed by atoms with van der Waals surface area (Å²) in [5.41, 5.74) is 6.94. The maximum Gasteiger partial charge on any atom is 0.224 e. The molecule has 0 unspecified atom stereocenters. The Morgan fingerprint density at radius 3 is 2.50 bits per heavy atom. The smallest absolute Gasteiger partial charge is 0.224 e. The number of nitrogens with one attached hydrogen (secondary N) is 1. The van der Waals surface area contributed by atoms with E-state index in [4.69, 9.17) is 15.9 Å². The lowest BCUT2D eigenvalue weighted by atomic mass is 10.2. The Labute approximate surface area is 119 Å². The predicted octanol–water partition coefficient (Wildman–Crippen LogP) is 0.274. The summed E-state index contributed by atoms with van der Waals surface area (Å²) in [7, 11) is 0. The molecular formula is C14H23N3O3. The van der Waals surface area contributed by atoms with Gasteiger partial charge in [-0.05, 0) is 31.2 Å². The summed E-state index contributed by atoms with van der Waals surface area (Å²) in [5, 5.41) is 20.5. The highest BCUT2D eigenvalue weighted by Crippen LogP contribution is 2.12. The number of hydrogen-bond acceptors (Lipinski definition) is 5. The first-order valence-corrected chi connectivity index (χ1v) is 6.75. The van der Waals surface area contributed by atoms with Gasteiger partial charge in [0.15, 0.2) is 0 Å². The van der Waals surface area contributed by atoms with E-state index in [1.165, 1.54) is 0 Å². The van der Waals surface area contributed by atoms with Crippen LogP contribution in [0.1, 0.15) is 12.8 Å². The summed E-state index contributed by atoms with van der Waals surface area (Å²) >= 11 is 0. The summed E-state index contributed by atoms with van der Waals surface area (Å²) in [6, 6.07) is 7.05. The second-order valence-electron chi connectivity index (χ2n) is 4.57. The first-order valence-electron chi connectivity index (χ1n) is 6.75. The molecule has 1 amide bonds. The summed E-state index contributed by atoms with van der Waals surface area (Å²) in [6.07, 6.45) is 1.07. The second kappa shape index (κ2) is 9.30. The number of benzene rings is 1. The number of nitrogens with two attached hydrogens (primary N) is 1. The molecule has 0 aliphatic carbocycles. The number of anilines is 2. The zero-order valence-corrected chi connectivity index (χ0v) is 11.6. The van der Waals surface area contributed by atoms with Crippen molar-refractivity contribution in [2.45, 2.75) is 12.8 Å². The third-order valence-electron chi connectivity index (χ3n) is 2.88. The van der Waals surface area contributed by atoms with Crippen molar-refractivity contribution < 1.29 is 15.0 Å². The zero-order valence-electron chi connectivity index (χ0n) is 11.6. The Kier molecular flexibility index (Phi) is 7.64. The number of aliphatic hydroxyl groups is 2. The van der Waals surface area contributed by atoms with Gasteiger partial charge in [-0.15, -0.1) is 0 Å². The standard InChI is InChI=1S/C14H23N3O3/c15-12-3-1-4-13(11-12)16-14(20)5-2-6-17(7-9-18)8-10-19/h1,3-4,11,18-19H,2,5-10,15H2,(H,16,20). The Bertz CT molecular complexity index is 406. The fourth-order valence-electron chi connectivity index (χ4n) is 1.92. The molecule has 0 saturated carbocycles. The lowest BCUT2D eigenvalue weighted by Crippen LogP contribution is -2.31. The van der Waals surface area contributed by atoms with Gasteiger partial charge in [0.1, 0.15) is 0 Å². The normalized spacial score (nSPS) is 10.8. The topological polar surface area (TPSA) is 98.8 Å². The molecule has 5 N–H and O–H groups in total. The Morgan fingerprint density at radius 1 is 1.20 bits per heavy atom. The number of aliphatic hydroxyl groups excluding tert-OH is 2. The average molecular weight is 281 g/mol. The van der Waals surface area contributed by atoms with Crippen molar-refractivity contribution in [2.24, 2.45) is 0 Å². The number of nitrogen functional groups attached to an aromatic ring is 1. The number of carbonyl (C=O) groups is 1. The fraction of sp³-hybridized carbons (Fsp3) is 0.500. The zero-order chi connectivity index (χ0) is 14.8. The highest BCUT2D eigenvalue weighted by atomic mass is 16.3. The van der Waals surface area contributed by atoms with E-state index in [1.54, 1.807) is 24.3 Å². The van der Waals surface area contributed by atoms with Gasteiger partial charge in [-0.1, -0.05) is 6.07 Å². The molecule has 0 spiro atoms. The van der Waals surface area contributed by atoms with E-state index in [1.807, 2.05) is 4.90 Å². The van der Waals surface area contributed by atoms with Crippen LogP contribution in [0.25, 0.3) is 0 Å². The van der Waals surface area contributed by atoms with Gasteiger partial charge in [-0.2, -0.15) is 0 Å². The number of rotatable bonds is 9. The van der Waals surface area contributed by atoms with Gasteiger partial charge in [0.25, 0.3) is 0 Å². The van der Waals surface area contributed by atoms with Gasteiger partial charge in [-0.25, -0.2) is 0 Å². The van der Waals surface area contributed by atoms with Gasteiger partial charge < -0.3 is 21.3 Å². The van der Waals surface area contributed by atoms with Gasteiger partial charge in [0.2, 0.25) is 5.91 Å². The van der Waals surface area contributed by atoms with E-state index in [0.29, 0.717) is 43.9 Å². The van der Waals surface area contributed by atoms with Crippen molar-refractivity contribution in [1.29, 1.82) is 0 Å². The van der Waals surface area contributed by atoms with Crippen molar-refractivity contribution in [3.8, 4) is 0 Å².